The molecule has 1 aromatic rings. The molecule has 86 valence electrons. The maximum Gasteiger partial charge on any atom is 0.338 e. The van der Waals surface area contributed by atoms with Gasteiger partial charge >= 0.3 is 5.97 Å². The van der Waals surface area contributed by atoms with Crippen LogP contribution in [0.15, 0.2) is 33.7 Å². The lowest BCUT2D eigenvalue weighted by Crippen LogP contribution is -2.00. The first-order chi connectivity index (χ1) is 7.54. The number of halogens is 3. The molecule has 0 bridgehead atoms. The molecule has 0 heterocycles. The molecule has 1 N–H and O–H groups in total. The number of carbonyl (C=O) groups is 1. The van der Waals surface area contributed by atoms with Crippen molar-refractivity contribution in [3.8, 4) is 0 Å². The number of hydrogen-bond donors (Lipinski definition) is 1. The highest BCUT2D eigenvalue weighted by Crippen LogP contribution is 2.24. The van der Waals surface area contributed by atoms with E-state index in [9.17, 15) is 9.18 Å². The van der Waals surface area contributed by atoms with Crippen LogP contribution < -0.4 is 0 Å². The zero-order valence-electron chi connectivity index (χ0n) is 7.91. The number of benzene rings is 1. The molecule has 0 aliphatic rings. The molecule has 0 radical (unpaired) electrons. The molecule has 0 fully saturated rings. The molecule has 16 heavy (non-hydrogen) atoms. The van der Waals surface area contributed by atoms with Crippen molar-refractivity contribution in [2.24, 2.45) is 0 Å². The van der Waals surface area contributed by atoms with E-state index >= 15 is 0 Å². The summed E-state index contributed by atoms with van der Waals surface area (Å²) in [6.45, 7) is 0. The van der Waals surface area contributed by atoms with Gasteiger partial charge in [-0.15, -0.1) is 11.8 Å². The molecule has 0 aliphatic carbocycles. The monoisotopic (exact) mass is 280 g/mol. The zero-order chi connectivity index (χ0) is 12.1. The Hall–Kier alpha value is -0.710. The average Bonchev–Trinajstić information content (AvgIpc) is 2.27. The number of aromatic carboxylic acids is 1. The highest BCUT2D eigenvalue weighted by atomic mass is 35.5. The van der Waals surface area contributed by atoms with Crippen molar-refractivity contribution in [2.45, 2.75) is 4.90 Å². The molecule has 0 amide bonds. The average molecular weight is 281 g/mol. The smallest absolute Gasteiger partial charge is 0.338 e. The molecule has 0 spiro atoms. The molecule has 0 aliphatic heterocycles. The van der Waals surface area contributed by atoms with Crippen molar-refractivity contribution in [3.05, 3.63) is 40.1 Å². The van der Waals surface area contributed by atoms with E-state index in [1.165, 1.54) is 29.4 Å². The van der Waals surface area contributed by atoms with Crippen LogP contribution in [0.5, 0.6) is 0 Å². The van der Waals surface area contributed by atoms with Gasteiger partial charge in [0.15, 0.2) is 0 Å². The number of carboxylic acids is 1. The summed E-state index contributed by atoms with van der Waals surface area (Å²) < 4.78 is 13.0. The van der Waals surface area contributed by atoms with Gasteiger partial charge in [0.05, 0.1) is 5.56 Å². The van der Waals surface area contributed by atoms with Gasteiger partial charge in [-0.25, -0.2) is 9.18 Å². The topological polar surface area (TPSA) is 37.3 Å². The summed E-state index contributed by atoms with van der Waals surface area (Å²) >= 11 is 12.3. The second-order valence-corrected chi connectivity index (χ2v) is 4.54. The highest BCUT2D eigenvalue weighted by molar-refractivity contribution is 7.99. The van der Waals surface area contributed by atoms with E-state index < -0.39 is 11.8 Å². The number of rotatable bonds is 4. The minimum Gasteiger partial charge on any atom is -0.478 e. The van der Waals surface area contributed by atoms with E-state index in [4.69, 9.17) is 28.3 Å². The summed E-state index contributed by atoms with van der Waals surface area (Å²) in [4.78, 5) is 11.3. The zero-order valence-corrected chi connectivity index (χ0v) is 10.2. The van der Waals surface area contributed by atoms with Gasteiger partial charge in [0.2, 0.25) is 0 Å². The molecule has 0 saturated carbocycles. The largest absolute Gasteiger partial charge is 0.478 e. The fourth-order valence-corrected chi connectivity index (χ4v) is 2.03. The minimum atomic E-state index is -1.29. The fourth-order valence-electron chi connectivity index (χ4n) is 0.942. The van der Waals surface area contributed by atoms with E-state index in [0.717, 1.165) is 6.07 Å². The summed E-state index contributed by atoms with van der Waals surface area (Å²) in [5, 5.41) is 9.14. The molecule has 2 nitrogen and oxygen atoms in total. The van der Waals surface area contributed by atoms with Crippen LogP contribution in [0.2, 0.25) is 0 Å². The third-order valence-corrected chi connectivity index (χ3v) is 3.48. The molecule has 0 saturated heterocycles. The molecular weight excluding hydrogens is 274 g/mol. The maximum absolute atomic E-state index is 13.0. The number of carboxylic acid groups (broad SMARTS) is 1. The maximum atomic E-state index is 13.0. The van der Waals surface area contributed by atoms with E-state index in [2.05, 4.69) is 0 Å². The summed E-state index contributed by atoms with van der Waals surface area (Å²) in [5.74, 6) is -1.63. The molecular formula is C10H7Cl2FO2S. The van der Waals surface area contributed by atoms with Crippen LogP contribution in [0.1, 0.15) is 10.4 Å². The Labute approximate surface area is 106 Å². The van der Waals surface area contributed by atoms with Crippen molar-refractivity contribution in [1.29, 1.82) is 0 Å². The lowest BCUT2D eigenvalue weighted by molar-refractivity contribution is 0.0691. The van der Waals surface area contributed by atoms with Crippen molar-refractivity contribution < 1.29 is 14.3 Å². The van der Waals surface area contributed by atoms with Gasteiger partial charge in [0, 0.05) is 21.2 Å². The Morgan fingerprint density at radius 2 is 2.25 bits per heavy atom. The van der Waals surface area contributed by atoms with Crippen LogP contribution in [0.25, 0.3) is 0 Å². The Kier molecular flexibility index (Phi) is 5.12. The standard InChI is InChI=1S/C10H7Cl2FO2S/c11-4-6(12)5-16-7-1-2-9(13)8(3-7)10(14)15/h1-4H,5H2,(H,14,15)/b6-4-. The van der Waals surface area contributed by atoms with Gasteiger partial charge in [0.1, 0.15) is 5.82 Å². The minimum absolute atomic E-state index is 0.351. The molecule has 1 rings (SSSR count). The van der Waals surface area contributed by atoms with Crippen molar-refractivity contribution >= 4 is 40.9 Å². The fraction of sp³-hybridized carbons (Fsp3) is 0.100. The molecule has 0 aromatic heterocycles. The highest BCUT2D eigenvalue weighted by Gasteiger charge is 2.10. The van der Waals surface area contributed by atoms with Gasteiger partial charge in [-0.3, -0.25) is 0 Å². The third kappa shape index (κ3) is 3.70. The molecule has 1 aromatic carbocycles. The Morgan fingerprint density at radius 3 is 2.81 bits per heavy atom. The Balaban J connectivity index is 2.83. The summed E-state index contributed by atoms with van der Waals surface area (Å²) in [6.07, 6.45) is 0. The van der Waals surface area contributed by atoms with Crippen molar-refractivity contribution in [2.75, 3.05) is 5.75 Å². The lowest BCUT2D eigenvalue weighted by atomic mass is 10.2. The van der Waals surface area contributed by atoms with Gasteiger partial charge < -0.3 is 5.11 Å². The second-order valence-electron chi connectivity index (χ2n) is 2.79. The van der Waals surface area contributed by atoms with Crippen molar-refractivity contribution in [1.82, 2.24) is 0 Å². The lowest BCUT2D eigenvalue weighted by Gasteiger charge is -2.02. The normalized spacial score (nSPS) is 11.6. The predicted octanol–water partition coefficient (Wildman–Crippen LogP) is 3.94. The van der Waals surface area contributed by atoms with Crippen molar-refractivity contribution in [3.63, 3.8) is 0 Å². The quantitative estimate of drug-likeness (QED) is 0.849. The number of hydrogen-bond acceptors (Lipinski definition) is 2. The summed E-state index contributed by atoms with van der Waals surface area (Å²) in [5.41, 5.74) is 0.881. The van der Waals surface area contributed by atoms with Gasteiger partial charge in [-0.05, 0) is 18.2 Å². The second kappa shape index (κ2) is 6.13. The van der Waals surface area contributed by atoms with Crippen LogP contribution in [0.3, 0.4) is 0 Å². The van der Waals surface area contributed by atoms with Gasteiger partial charge in [-0.1, -0.05) is 23.2 Å². The van der Waals surface area contributed by atoms with Crippen LogP contribution in [0.4, 0.5) is 4.39 Å². The van der Waals surface area contributed by atoms with Crippen LogP contribution in [0, 0.1) is 5.82 Å². The first kappa shape index (κ1) is 13.4. The molecule has 0 atom stereocenters. The van der Waals surface area contributed by atoms with Crippen LogP contribution in [-0.4, -0.2) is 16.8 Å². The van der Waals surface area contributed by atoms with Gasteiger partial charge in [0.25, 0.3) is 0 Å². The molecule has 6 heteroatoms. The predicted molar refractivity (Wildman–Crippen MR) is 63.9 cm³/mol. The van der Waals surface area contributed by atoms with Crippen LogP contribution >= 0.6 is 35.0 Å². The SMILES string of the molecule is O=C(O)c1cc(SC/C(Cl)=C/Cl)ccc1F. The first-order valence-electron chi connectivity index (χ1n) is 4.15. The summed E-state index contributed by atoms with van der Waals surface area (Å²) in [6, 6.07) is 3.87. The Morgan fingerprint density at radius 1 is 1.56 bits per heavy atom. The van der Waals surface area contributed by atoms with E-state index in [1.807, 2.05) is 0 Å². The third-order valence-electron chi connectivity index (χ3n) is 1.66. The number of thioether (sulfide) groups is 1. The van der Waals surface area contributed by atoms with Gasteiger partial charge in [-0.2, -0.15) is 0 Å². The summed E-state index contributed by atoms with van der Waals surface area (Å²) in [7, 11) is 0. The first-order valence-corrected chi connectivity index (χ1v) is 5.95. The Bertz CT molecular complexity index is 435. The molecule has 0 unspecified atom stereocenters. The van der Waals surface area contributed by atoms with E-state index in [0.29, 0.717) is 15.7 Å². The van der Waals surface area contributed by atoms with Crippen LogP contribution in [-0.2, 0) is 0 Å². The van der Waals surface area contributed by atoms with E-state index in [1.54, 1.807) is 0 Å². The van der Waals surface area contributed by atoms with E-state index in [-0.39, 0.29) is 5.56 Å².